The lowest BCUT2D eigenvalue weighted by Gasteiger charge is -2.47. The number of alkyl halides is 5. The Morgan fingerprint density at radius 1 is 1.10 bits per heavy atom. The summed E-state index contributed by atoms with van der Waals surface area (Å²) in [4.78, 5) is 14.1. The van der Waals surface area contributed by atoms with E-state index in [2.05, 4.69) is 4.72 Å². The minimum atomic E-state index is -5.61. The van der Waals surface area contributed by atoms with Crippen LogP contribution in [0.15, 0.2) is 18.2 Å². The van der Waals surface area contributed by atoms with Gasteiger partial charge in [0.1, 0.15) is 5.75 Å². The lowest BCUT2D eigenvalue weighted by molar-refractivity contribution is -0.284. The van der Waals surface area contributed by atoms with Gasteiger partial charge in [0, 0.05) is 38.4 Å². The maximum atomic E-state index is 13.2. The SMILES string of the molecule is O=C(Oc1ccc2c(c1)C[C@@H](CCNS(=O)CCCC(F)(F)C(F)(F)F)[C@H]1C(CCCO)CCCC21)N1CCC(O)C1. The van der Waals surface area contributed by atoms with Crippen LogP contribution < -0.4 is 9.46 Å². The number of fused-ring (bicyclic) bond motifs is 3. The summed E-state index contributed by atoms with van der Waals surface area (Å²) in [6, 6.07) is 5.74. The highest BCUT2D eigenvalue weighted by Gasteiger charge is 2.56. The van der Waals surface area contributed by atoms with Gasteiger partial charge in [0.15, 0.2) is 0 Å². The van der Waals surface area contributed by atoms with Crippen molar-refractivity contribution in [1.82, 2.24) is 9.62 Å². The fourth-order valence-electron chi connectivity index (χ4n) is 7.05. The third-order valence-corrected chi connectivity index (χ3v) is 10.2. The quantitative estimate of drug-likeness (QED) is 0.274. The summed E-state index contributed by atoms with van der Waals surface area (Å²) >= 11 is 0. The van der Waals surface area contributed by atoms with Gasteiger partial charge in [-0.3, -0.25) is 0 Å². The smallest absolute Gasteiger partial charge is 0.410 e. The molecule has 0 spiro atoms. The highest BCUT2D eigenvalue weighted by Crippen LogP contribution is 2.52. The van der Waals surface area contributed by atoms with Crippen LogP contribution in [0.2, 0.25) is 0 Å². The predicted octanol–water partition coefficient (Wildman–Crippen LogP) is 5.32. The van der Waals surface area contributed by atoms with Crippen molar-refractivity contribution in [3.8, 4) is 5.75 Å². The number of halogens is 5. The van der Waals surface area contributed by atoms with Crippen molar-refractivity contribution in [3.63, 3.8) is 0 Å². The molecule has 0 aromatic heterocycles. The second-order valence-corrected chi connectivity index (χ2v) is 13.2. The normalized spacial score (nSPS) is 26.9. The van der Waals surface area contributed by atoms with Crippen LogP contribution in [-0.4, -0.2) is 75.6 Å². The molecule has 3 N–H and O–H groups in total. The van der Waals surface area contributed by atoms with Gasteiger partial charge in [-0.05, 0) is 91.9 Å². The number of aliphatic hydroxyl groups is 2. The van der Waals surface area contributed by atoms with E-state index in [-0.39, 0.29) is 30.7 Å². The molecule has 1 saturated carbocycles. The van der Waals surface area contributed by atoms with E-state index in [1.165, 1.54) is 10.5 Å². The molecule has 1 heterocycles. The Bertz CT molecular complexity index is 1090. The van der Waals surface area contributed by atoms with Crippen molar-refractivity contribution in [1.29, 1.82) is 0 Å². The molecule has 4 unspecified atom stereocenters. The van der Waals surface area contributed by atoms with Gasteiger partial charge in [-0.1, -0.05) is 18.9 Å². The fourth-order valence-corrected chi connectivity index (χ4v) is 7.94. The van der Waals surface area contributed by atoms with Crippen LogP contribution in [0.5, 0.6) is 5.75 Å². The summed E-state index contributed by atoms with van der Waals surface area (Å²) in [5, 5.41) is 19.2. The molecule has 1 amide bonds. The number of nitrogens with one attached hydrogen (secondary N) is 1. The van der Waals surface area contributed by atoms with E-state index in [1.807, 2.05) is 18.2 Å². The van der Waals surface area contributed by atoms with Crippen LogP contribution in [0.25, 0.3) is 0 Å². The fraction of sp³-hybridized carbons (Fsp3) is 0.759. The number of hydrogen-bond donors (Lipinski definition) is 3. The van der Waals surface area contributed by atoms with Gasteiger partial charge in [0.05, 0.1) is 17.1 Å². The number of amides is 1. The van der Waals surface area contributed by atoms with Crippen molar-refractivity contribution in [3.05, 3.63) is 29.3 Å². The van der Waals surface area contributed by atoms with E-state index in [0.29, 0.717) is 56.4 Å². The molecule has 4 rings (SSSR count). The first-order chi connectivity index (χ1) is 19.9. The zero-order valence-electron chi connectivity index (χ0n) is 23.6. The number of aliphatic hydroxyl groups excluding tert-OH is 2. The molecule has 13 heteroatoms. The minimum absolute atomic E-state index is 0.117. The summed E-state index contributed by atoms with van der Waals surface area (Å²) in [5.41, 5.74) is 2.30. The molecule has 2 aliphatic carbocycles. The first-order valence-corrected chi connectivity index (χ1v) is 16.2. The maximum Gasteiger partial charge on any atom is 0.453 e. The first kappa shape index (κ1) is 33.1. The lowest BCUT2D eigenvalue weighted by atomic mass is 9.58. The molecular formula is C29H41F5N2O5S. The Kier molecular flexibility index (Phi) is 11.3. The van der Waals surface area contributed by atoms with Crippen LogP contribution in [0.1, 0.15) is 74.8 Å². The van der Waals surface area contributed by atoms with E-state index in [9.17, 15) is 41.2 Å². The van der Waals surface area contributed by atoms with E-state index in [4.69, 9.17) is 4.74 Å². The van der Waals surface area contributed by atoms with Crippen molar-refractivity contribution in [2.75, 3.05) is 32.0 Å². The summed E-state index contributed by atoms with van der Waals surface area (Å²) in [6.45, 7) is 1.12. The van der Waals surface area contributed by atoms with Gasteiger partial charge < -0.3 is 19.8 Å². The van der Waals surface area contributed by atoms with Gasteiger partial charge in [0.25, 0.3) is 0 Å². The van der Waals surface area contributed by atoms with Crippen LogP contribution in [0.4, 0.5) is 26.7 Å². The molecule has 1 aromatic carbocycles. The van der Waals surface area contributed by atoms with Crippen LogP contribution in [0.3, 0.4) is 0 Å². The van der Waals surface area contributed by atoms with E-state index < -0.39 is 48.1 Å². The summed E-state index contributed by atoms with van der Waals surface area (Å²) in [5.74, 6) is -3.46. The van der Waals surface area contributed by atoms with E-state index in [0.717, 1.165) is 31.2 Å². The zero-order chi connectivity index (χ0) is 30.5. The maximum absolute atomic E-state index is 13.2. The van der Waals surface area contributed by atoms with Crippen molar-refractivity contribution < 1.29 is 45.9 Å². The molecule has 3 aliphatic rings. The average Bonchev–Trinajstić information content (AvgIpc) is 3.37. The molecule has 7 nitrogen and oxygen atoms in total. The second-order valence-electron chi connectivity index (χ2n) is 11.9. The lowest BCUT2D eigenvalue weighted by Crippen LogP contribution is -2.39. The third kappa shape index (κ3) is 8.21. The molecule has 6 atom stereocenters. The Morgan fingerprint density at radius 2 is 1.88 bits per heavy atom. The second kappa shape index (κ2) is 14.3. The third-order valence-electron chi connectivity index (χ3n) is 9.01. The van der Waals surface area contributed by atoms with E-state index >= 15 is 0 Å². The molecule has 42 heavy (non-hydrogen) atoms. The van der Waals surface area contributed by atoms with Crippen LogP contribution in [0, 0.1) is 17.8 Å². The zero-order valence-corrected chi connectivity index (χ0v) is 24.4. The molecule has 2 fully saturated rings. The highest BCUT2D eigenvalue weighted by atomic mass is 32.2. The van der Waals surface area contributed by atoms with E-state index in [1.54, 1.807) is 0 Å². The molecule has 238 valence electrons. The molecular weight excluding hydrogens is 583 g/mol. The van der Waals surface area contributed by atoms with Crippen molar-refractivity contribution in [2.45, 2.75) is 88.3 Å². The average molecular weight is 625 g/mol. The van der Waals surface area contributed by atoms with Crippen LogP contribution >= 0.6 is 0 Å². The monoisotopic (exact) mass is 624 g/mol. The first-order valence-electron chi connectivity index (χ1n) is 14.8. The standard InChI is InChI=1S/C29H41F5N2O5S/c30-28(31,29(32,33)34)11-3-15-42(40)35-12-9-20-16-21-17-23(41-27(39)36-13-10-22(38)18-36)7-8-24(21)25-6-1-4-19(26(20)25)5-2-14-37/h7-8,17,19-20,22,25-26,35,37-38H,1-6,9-16,18H2/t19?,20-,22?,25?,26-,42?/m1/s1. The topological polar surface area (TPSA) is 99.1 Å². The number of β-amino-alcohol motifs (C(OH)–C–C–N with tert-alkyl or cyclic N) is 1. The van der Waals surface area contributed by atoms with Gasteiger partial charge in [0.2, 0.25) is 0 Å². The van der Waals surface area contributed by atoms with Crippen LogP contribution in [-0.2, 0) is 17.4 Å². The summed E-state index contributed by atoms with van der Waals surface area (Å²) in [7, 11) is -1.73. The predicted molar refractivity (Wildman–Crippen MR) is 148 cm³/mol. The van der Waals surface area contributed by atoms with Crippen molar-refractivity contribution >= 4 is 17.1 Å². The molecule has 1 saturated heterocycles. The Hall–Kier alpha value is -1.83. The highest BCUT2D eigenvalue weighted by molar-refractivity contribution is 7.83. The molecule has 0 bridgehead atoms. The van der Waals surface area contributed by atoms with Gasteiger partial charge in [-0.15, -0.1) is 0 Å². The van der Waals surface area contributed by atoms with Crippen molar-refractivity contribution in [2.24, 2.45) is 17.8 Å². The summed E-state index contributed by atoms with van der Waals surface area (Å²) < 4.78 is 84.3. The number of carbonyl (C=O) groups excluding carboxylic acids is 1. The van der Waals surface area contributed by atoms with Gasteiger partial charge in [-0.2, -0.15) is 22.0 Å². The molecule has 0 radical (unpaired) electrons. The largest absolute Gasteiger partial charge is 0.453 e. The van der Waals surface area contributed by atoms with Gasteiger partial charge in [-0.25, -0.2) is 13.7 Å². The number of likely N-dealkylation sites (tertiary alicyclic amines) is 1. The number of benzene rings is 1. The minimum Gasteiger partial charge on any atom is -0.410 e. The Labute approximate surface area is 245 Å². The molecule has 1 aliphatic heterocycles. The Balaban J connectivity index is 1.40. The summed E-state index contributed by atoms with van der Waals surface area (Å²) in [6.07, 6.45) is -2.02. The number of nitrogens with zero attached hydrogens (tertiary/aromatic N) is 1. The number of ether oxygens (including phenoxy) is 1. The number of rotatable bonds is 12. The number of hydrogen-bond acceptors (Lipinski definition) is 5. The number of carbonyl (C=O) groups is 1. The Morgan fingerprint density at radius 3 is 2.57 bits per heavy atom. The molecule has 1 aromatic rings. The van der Waals surface area contributed by atoms with Gasteiger partial charge >= 0.3 is 18.2 Å².